The van der Waals surface area contributed by atoms with E-state index >= 15 is 0 Å². The molecule has 9 heteroatoms. The number of fused-ring (bicyclic) bond motifs is 1. The largest absolute Gasteiger partial charge is 0.481 e. The fourth-order valence-electron chi connectivity index (χ4n) is 6.04. The van der Waals surface area contributed by atoms with E-state index in [-0.39, 0.29) is 43.2 Å². The molecule has 1 saturated heterocycles. The van der Waals surface area contributed by atoms with Gasteiger partial charge in [-0.15, -0.1) is 0 Å². The lowest BCUT2D eigenvalue weighted by Gasteiger charge is -2.34. The summed E-state index contributed by atoms with van der Waals surface area (Å²) in [7, 11) is 0. The van der Waals surface area contributed by atoms with Crippen molar-refractivity contribution in [3.05, 3.63) is 34.9 Å². The minimum Gasteiger partial charge on any atom is -0.481 e. The van der Waals surface area contributed by atoms with E-state index in [0.717, 1.165) is 24.0 Å². The molecule has 0 aromatic heterocycles. The normalized spacial score (nSPS) is 21.0. The Bertz CT molecular complexity index is 1020. The predicted molar refractivity (Wildman–Crippen MR) is 146 cm³/mol. The van der Waals surface area contributed by atoms with Gasteiger partial charge in [0.15, 0.2) is 11.5 Å². The molecule has 0 unspecified atom stereocenters. The van der Waals surface area contributed by atoms with Crippen molar-refractivity contribution in [2.45, 2.75) is 72.4 Å². The van der Waals surface area contributed by atoms with Gasteiger partial charge in [0.1, 0.15) is 0 Å². The van der Waals surface area contributed by atoms with Crippen LogP contribution >= 0.6 is 0 Å². The fourth-order valence-corrected chi connectivity index (χ4v) is 6.04. The molecule has 38 heavy (non-hydrogen) atoms. The van der Waals surface area contributed by atoms with Crippen molar-refractivity contribution in [1.29, 1.82) is 0 Å². The van der Waals surface area contributed by atoms with E-state index < -0.39 is 11.9 Å². The van der Waals surface area contributed by atoms with E-state index in [9.17, 15) is 19.8 Å². The van der Waals surface area contributed by atoms with Gasteiger partial charge in [-0.05, 0) is 49.8 Å². The van der Waals surface area contributed by atoms with Crippen molar-refractivity contribution < 1.29 is 29.3 Å². The average molecular weight is 532 g/mol. The number of carbonyl (C=O) groups is 2. The summed E-state index contributed by atoms with van der Waals surface area (Å²) < 4.78 is 11.1. The van der Waals surface area contributed by atoms with Crippen LogP contribution in [-0.4, -0.2) is 77.4 Å². The van der Waals surface area contributed by atoms with Gasteiger partial charge in [0.25, 0.3) is 0 Å². The lowest BCUT2D eigenvalue weighted by molar-refractivity contribution is -0.144. The van der Waals surface area contributed by atoms with E-state index in [2.05, 4.69) is 26.8 Å². The van der Waals surface area contributed by atoms with Crippen LogP contribution < -0.4 is 15.2 Å². The van der Waals surface area contributed by atoms with E-state index in [1.807, 2.05) is 30.9 Å². The number of hydrogen-bond acceptors (Lipinski definition) is 7. The van der Waals surface area contributed by atoms with Crippen LogP contribution in [0.25, 0.3) is 0 Å². The molecule has 4 N–H and O–H groups in total. The number of nitrogens with two attached hydrogens (primary N) is 1. The lowest BCUT2D eigenvalue weighted by Crippen LogP contribution is -2.46. The summed E-state index contributed by atoms with van der Waals surface area (Å²) in [5.41, 5.74) is 8.05. The van der Waals surface area contributed by atoms with E-state index in [4.69, 9.17) is 15.2 Å². The number of carboxylic acid groups (broad SMARTS) is 1. The zero-order chi connectivity index (χ0) is 28.0. The van der Waals surface area contributed by atoms with Crippen molar-refractivity contribution >= 4 is 11.9 Å². The molecule has 3 atom stereocenters. The van der Waals surface area contributed by atoms with Gasteiger partial charge >= 0.3 is 5.97 Å². The van der Waals surface area contributed by atoms with Crippen LogP contribution in [0.1, 0.15) is 70.9 Å². The third-order valence-electron chi connectivity index (χ3n) is 7.49. The van der Waals surface area contributed by atoms with Gasteiger partial charge in [-0.1, -0.05) is 38.8 Å². The Hall–Kier alpha value is -2.62. The number of ether oxygens (including phenoxy) is 2. The van der Waals surface area contributed by atoms with Gasteiger partial charge < -0.3 is 30.3 Å². The van der Waals surface area contributed by atoms with Crippen molar-refractivity contribution in [1.82, 2.24) is 9.80 Å². The number of carbonyl (C=O) groups excluding carboxylic acids is 1. The number of nitrogens with zero attached hydrogens (tertiary/aromatic N) is 2. The van der Waals surface area contributed by atoms with Crippen LogP contribution in [0.15, 0.2) is 23.8 Å². The van der Waals surface area contributed by atoms with Crippen molar-refractivity contribution in [2.75, 3.05) is 39.5 Å². The summed E-state index contributed by atoms with van der Waals surface area (Å²) >= 11 is 0. The molecule has 2 aliphatic heterocycles. The SMILES string of the molecule is CCCCN(CCN)C(=O)CN1C[C@H](c2cc(CO)c3c(c2)OCO3)[C@@H](C(=O)O)[C@@H]1CC(C)(C)C=C(C)C. The van der Waals surface area contributed by atoms with Crippen LogP contribution in [-0.2, 0) is 16.2 Å². The highest BCUT2D eigenvalue weighted by atomic mass is 16.7. The molecule has 3 rings (SSSR count). The lowest BCUT2D eigenvalue weighted by atomic mass is 9.77. The Morgan fingerprint density at radius 2 is 1.97 bits per heavy atom. The third kappa shape index (κ3) is 7.07. The number of rotatable bonds is 13. The summed E-state index contributed by atoms with van der Waals surface area (Å²) in [5, 5.41) is 20.5. The molecular formula is C29H45N3O6. The first kappa shape index (κ1) is 29.9. The van der Waals surface area contributed by atoms with Crippen LogP contribution in [0.5, 0.6) is 11.5 Å². The second kappa shape index (κ2) is 13.0. The Labute approximate surface area is 226 Å². The molecular weight excluding hydrogens is 486 g/mol. The molecule has 0 aliphatic carbocycles. The van der Waals surface area contributed by atoms with E-state index in [1.54, 1.807) is 4.90 Å². The minimum atomic E-state index is -0.893. The smallest absolute Gasteiger partial charge is 0.308 e. The number of hydrogen-bond donors (Lipinski definition) is 3. The molecule has 0 radical (unpaired) electrons. The molecule has 0 bridgehead atoms. The number of allylic oxidation sites excluding steroid dienone is 2. The van der Waals surface area contributed by atoms with Gasteiger partial charge in [-0.2, -0.15) is 0 Å². The van der Waals surface area contributed by atoms with Crippen LogP contribution in [0.3, 0.4) is 0 Å². The van der Waals surface area contributed by atoms with E-state index in [0.29, 0.717) is 49.7 Å². The first-order chi connectivity index (χ1) is 18.0. The maximum absolute atomic E-state index is 13.5. The number of likely N-dealkylation sites (tertiary alicyclic amines) is 1. The van der Waals surface area contributed by atoms with Crippen molar-refractivity contribution in [3.8, 4) is 11.5 Å². The molecule has 1 fully saturated rings. The number of amides is 1. The fraction of sp³-hybridized carbons (Fsp3) is 0.655. The average Bonchev–Trinajstić information content (AvgIpc) is 3.44. The standard InChI is InChI=1S/C29H45N3O6/c1-6-7-9-31(10-8-30)25(34)16-32-15-22(20-11-21(17-33)27-24(12-20)37-18-38-27)26(28(35)36)23(32)14-29(4,5)13-19(2)3/h11-13,22-23,26,33H,6-10,14-18,30H2,1-5H3,(H,35,36)/t22-,23+,26-/m1/s1. The Morgan fingerprint density at radius 3 is 2.58 bits per heavy atom. The molecule has 1 aromatic carbocycles. The molecule has 0 saturated carbocycles. The predicted octanol–water partition coefficient (Wildman–Crippen LogP) is 3.35. The maximum atomic E-state index is 13.5. The number of aliphatic carboxylic acids is 1. The van der Waals surface area contributed by atoms with Gasteiger partial charge in [-0.25, -0.2) is 0 Å². The van der Waals surface area contributed by atoms with Crippen molar-refractivity contribution in [3.63, 3.8) is 0 Å². The van der Waals surface area contributed by atoms with Crippen molar-refractivity contribution in [2.24, 2.45) is 17.1 Å². The van der Waals surface area contributed by atoms with Gasteiger partial charge in [0, 0.05) is 43.7 Å². The number of aliphatic hydroxyl groups excluding tert-OH is 1. The topological polar surface area (TPSA) is 126 Å². The highest BCUT2D eigenvalue weighted by Crippen LogP contribution is 2.46. The zero-order valence-corrected chi connectivity index (χ0v) is 23.5. The van der Waals surface area contributed by atoms with Gasteiger partial charge in [-0.3, -0.25) is 14.5 Å². The Kier molecular flexibility index (Phi) is 10.2. The van der Waals surface area contributed by atoms with Crippen LogP contribution in [0, 0.1) is 11.3 Å². The number of unbranched alkanes of at least 4 members (excludes halogenated alkanes) is 1. The van der Waals surface area contributed by atoms with E-state index in [1.165, 1.54) is 0 Å². The first-order valence-corrected chi connectivity index (χ1v) is 13.6. The monoisotopic (exact) mass is 531 g/mol. The maximum Gasteiger partial charge on any atom is 0.308 e. The summed E-state index contributed by atoms with van der Waals surface area (Å²) in [5.74, 6) is -1.02. The second-order valence-electron chi connectivity index (χ2n) is 11.5. The molecule has 9 nitrogen and oxygen atoms in total. The van der Waals surface area contributed by atoms with Gasteiger partial charge in [0.05, 0.1) is 19.1 Å². The number of benzene rings is 1. The molecule has 0 spiro atoms. The minimum absolute atomic E-state index is 0.0274. The second-order valence-corrected chi connectivity index (χ2v) is 11.5. The Balaban J connectivity index is 2.00. The first-order valence-electron chi connectivity index (χ1n) is 13.6. The van der Waals surface area contributed by atoms with Crippen LogP contribution in [0.2, 0.25) is 0 Å². The van der Waals surface area contributed by atoms with Crippen LogP contribution in [0.4, 0.5) is 0 Å². The molecule has 1 amide bonds. The highest BCUT2D eigenvalue weighted by Gasteiger charge is 2.49. The molecule has 2 aliphatic rings. The summed E-state index contributed by atoms with van der Waals surface area (Å²) in [4.78, 5) is 30.1. The summed E-state index contributed by atoms with van der Waals surface area (Å²) in [6.45, 7) is 12.3. The highest BCUT2D eigenvalue weighted by molar-refractivity contribution is 5.79. The summed E-state index contributed by atoms with van der Waals surface area (Å²) in [6, 6.07) is 3.29. The van der Waals surface area contributed by atoms with Gasteiger partial charge in [0.2, 0.25) is 12.7 Å². The number of carboxylic acids is 1. The summed E-state index contributed by atoms with van der Waals surface area (Å²) in [6.07, 6.45) is 4.62. The molecule has 212 valence electrons. The number of aliphatic hydroxyl groups is 1. The Morgan fingerprint density at radius 1 is 1.24 bits per heavy atom. The molecule has 1 aromatic rings. The zero-order valence-electron chi connectivity index (χ0n) is 23.5. The quantitative estimate of drug-likeness (QED) is 0.331. The molecule has 2 heterocycles. The third-order valence-corrected chi connectivity index (χ3v) is 7.49.